The summed E-state index contributed by atoms with van der Waals surface area (Å²) in [5.41, 5.74) is 1.32. The normalized spacial score (nSPS) is 13.3. The van der Waals surface area contributed by atoms with Crippen LogP contribution in [0.4, 0.5) is 4.39 Å². The second-order valence-electron chi connectivity index (χ2n) is 5.66. The number of hydrogen-bond donors (Lipinski definition) is 0. The summed E-state index contributed by atoms with van der Waals surface area (Å²) < 4.78 is 29.8. The van der Waals surface area contributed by atoms with Gasteiger partial charge in [0, 0.05) is 11.8 Å². The Morgan fingerprint density at radius 1 is 1.04 bits per heavy atom. The van der Waals surface area contributed by atoms with Gasteiger partial charge in [0.1, 0.15) is 5.82 Å². The molecule has 0 saturated carbocycles. The minimum Gasteiger partial charge on any atom is -0.454 e. The highest BCUT2D eigenvalue weighted by Crippen LogP contribution is 2.33. The number of aromatic nitrogens is 1. The molecular formula is C20H14FNO4. The maximum absolute atomic E-state index is 13.7. The van der Waals surface area contributed by atoms with Crippen molar-refractivity contribution >= 4 is 5.97 Å². The van der Waals surface area contributed by atoms with Crippen LogP contribution in [0.25, 0.3) is 0 Å². The summed E-state index contributed by atoms with van der Waals surface area (Å²) in [6, 6.07) is 16.0. The highest BCUT2D eigenvalue weighted by atomic mass is 19.1. The molecule has 26 heavy (non-hydrogen) atoms. The maximum Gasteiger partial charge on any atom is 0.339 e. The monoisotopic (exact) mass is 351 g/mol. The van der Waals surface area contributed by atoms with Gasteiger partial charge in [-0.15, -0.1) is 0 Å². The summed E-state index contributed by atoms with van der Waals surface area (Å²) in [4.78, 5) is 16.9. The largest absolute Gasteiger partial charge is 0.454 e. The van der Waals surface area contributed by atoms with E-state index in [0.717, 1.165) is 0 Å². The zero-order valence-corrected chi connectivity index (χ0v) is 13.6. The van der Waals surface area contributed by atoms with Crippen LogP contribution in [0.1, 0.15) is 27.7 Å². The molecule has 1 aromatic heterocycles. The summed E-state index contributed by atoms with van der Waals surface area (Å²) >= 11 is 0. The molecule has 0 radical (unpaired) electrons. The SMILES string of the molecule is O=C(OC(c1cccc(F)c1)c1ccccn1)c1ccc2c(c1)OCO2. The molecule has 0 saturated heterocycles. The fourth-order valence-corrected chi connectivity index (χ4v) is 2.70. The fourth-order valence-electron chi connectivity index (χ4n) is 2.70. The van der Waals surface area contributed by atoms with Crippen LogP contribution in [-0.2, 0) is 4.74 Å². The molecule has 2 heterocycles. The first-order valence-electron chi connectivity index (χ1n) is 7.98. The lowest BCUT2D eigenvalue weighted by atomic mass is 10.1. The number of carbonyl (C=O) groups excluding carboxylic acids is 1. The average molecular weight is 351 g/mol. The van der Waals surface area contributed by atoms with E-state index in [1.54, 1.807) is 54.7 Å². The molecule has 0 amide bonds. The van der Waals surface area contributed by atoms with Crippen molar-refractivity contribution in [3.63, 3.8) is 0 Å². The van der Waals surface area contributed by atoms with Gasteiger partial charge < -0.3 is 14.2 Å². The molecule has 0 spiro atoms. The van der Waals surface area contributed by atoms with Gasteiger partial charge in [-0.25, -0.2) is 9.18 Å². The van der Waals surface area contributed by atoms with Crippen molar-refractivity contribution in [1.82, 2.24) is 4.98 Å². The molecule has 0 fully saturated rings. The molecule has 4 rings (SSSR count). The van der Waals surface area contributed by atoms with Crippen LogP contribution < -0.4 is 9.47 Å². The molecule has 3 aromatic rings. The first kappa shape index (κ1) is 16.1. The minimum absolute atomic E-state index is 0.119. The standard InChI is InChI=1S/C20H14FNO4/c21-15-5-3-4-13(10-15)19(16-6-1-2-9-22-16)26-20(23)14-7-8-17-18(11-14)25-12-24-17/h1-11,19H,12H2. The molecule has 0 bridgehead atoms. The summed E-state index contributed by atoms with van der Waals surface area (Å²) in [6.07, 6.45) is 0.764. The third-order valence-corrected chi connectivity index (χ3v) is 3.94. The van der Waals surface area contributed by atoms with E-state index in [9.17, 15) is 9.18 Å². The predicted molar refractivity (Wildman–Crippen MR) is 90.5 cm³/mol. The number of nitrogens with zero attached hydrogens (tertiary/aromatic N) is 1. The second-order valence-corrected chi connectivity index (χ2v) is 5.66. The number of pyridine rings is 1. The van der Waals surface area contributed by atoms with Crippen molar-refractivity contribution in [3.05, 3.63) is 89.5 Å². The fraction of sp³-hybridized carbons (Fsp3) is 0.100. The van der Waals surface area contributed by atoms with E-state index in [2.05, 4.69) is 4.98 Å². The van der Waals surface area contributed by atoms with Gasteiger partial charge in [0.15, 0.2) is 17.6 Å². The van der Waals surface area contributed by atoms with E-state index in [1.165, 1.54) is 12.1 Å². The van der Waals surface area contributed by atoms with Gasteiger partial charge in [0.2, 0.25) is 6.79 Å². The predicted octanol–water partition coefficient (Wildman–Crippen LogP) is 3.90. The molecule has 1 atom stereocenters. The van der Waals surface area contributed by atoms with E-state index in [0.29, 0.717) is 28.3 Å². The van der Waals surface area contributed by atoms with E-state index >= 15 is 0 Å². The van der Waals surface area contributed by atoms with Crippen LogP contribution in [0.2, 0.25) is 0 Å². The highest BCUT2D eigenvalue weighted by Gasteiger charge is 2.23. The quantitative estimate of drug-likeness (QED) is 0.668. The van der Waals surface area contributed by atoms with Crippen LogP contribution in [0.5, 0.6) is 11.5 Å². The number of fused-ring (bicyclic) bond motifs is 1. The molecule has 1 unspecified atom stereocenters. The lowest BCUT2D eigenvalue weighted by Gasteiger charge is -2.18. The Bertz CT molecular complexity index is 946. The molecule has 130 valence electrons. The number of ether oxygens (including phenoxy) is 3. The van der Waals surface area contributed by atoms with Crippen LogP contribution >= 0.6 is 0 Å². The van der Waals surface area contributed by atoms with Crippen molar-refractivity contribution in [2.75, 3.05) is 6.79 Å². The van der Waals surface area contributed by atoms with E-state index < -0.39 is 17.9 Å². The molecule has 0 aliphatic carbocycles. The molecule has 6 heteroatoms. The summed E-state index contributed by atoms with van der Waals surface area (Å²) in [5.74, 6) is 0.0818. The Kier molecular flexibility index (Phi) is 4.23. The molecular weight excluding hydrogens is 337 g/mol. The second kappa shape index (κ2) is 6.84. The number of carbonyl (C=O) groups is 1. The summed E-state index contributed by atoms with van der Waals surface area (Å²) in [7, 11) is 0. The van der Waals surface area contributed by atoms with E-state index in [1.807, 2.05) is 0 Å². The van der Waals surface area contributed by atoms with Crippen LogP contribution in [0.3, 0.4) is 0 Å². The zero-order valence-electron chi connectivity index (χ0n) is 13.6. The molecule has 1 aliphatic rings. The Balaban J connectivity index is 1.65. The average Bonchev–Trinajstić information content (AvgIpc) is 3.14. The van der Waals surface area contributed by atoms with Crippen LogP contribution in [-0.4, -0.2) is 17.7 Å². The Morgan fingerprint density at radius 3 is 2.73 bits per heavy atom. The topological polar surface area (TPSA) is 57.7 Å². The zero-order chi connectivity index (χ0) is 17.9. The minimum atomic E-state index is -0.829. The third-order valence-electron chi connectivity index (χ3n) is 3.94. The van der Waals surface area contributed by atoms with Crippen molar-refractivity contribution in [3.8, 4) is 11.5 Å². The molecule has 2 aromatic carbocycles. The Hall–Kier alpha value is -3.41. The maximum atomic E-state index is 13.7. The van der Waals surface area contributed by atoms with Gasteiger partial charge in [-0.3, -0.25) is 4.98 Å². The number of rotatable bonds is 4. The van der Waals surface area contributed by atoms with E-state index in [-0.39, 0.29) is 6.79 Å². The first-order chi connectivity index (χ1) is 12.7. The van der Waals surface area contributed by atoms with Crippen molar-refractivity contribution in [1.29, 1.82) is 0 Å². The first-order valence-corrected chi connectivity index (χ1v) is 7.98. The van der Waals surface area contributed by atoms with Gasteiger partial charge in [-0.1, -0.05) is 18.2 Å². The Labute approximate surface area is 149 Å². The lowest BCUT2D eigenvalue weighted by Crippen LogP contribution is -2.14. The van der Waals surface area contributed by atoms with Crippen LogP contribution in [0, 0.1) is 5.82 Å². The number of hydrogen-bond acceptors (Lipinski definition) is 5. The Morgan fingerprint density at radius 2 is 1.92 bits per heavy atom. The van der Waals surface area contributed by atoms with Gasteiger partial charge in [0.25, 0.3) is 0 Å². The third kappa shape index (κ3) is 3.21. The lowest BCUT2D eigenvalue weighted by molar-refractivity contribution is 0.0369. The van der Waals surface area contributed by atoms with Gasteiger partial charge in [-0.2, -0.15) is 0 Å². The van der Waals surface area contributed by atoms with Gasteiger partial charge in [0.05, 0.1) is 11.3 Å². The molecule has 0 N–H and O–H groups in total. The van der Waals surface area contributed by atoms with E-state index in [4.69, 9.17) is 14.2 Å². The number of esters is 1. The summed E-state index contributed by atoms with van der Waals surface area (Å²) in [6.45, 7) is 0.119. The van der Waals surface area contributed by atoms with Gasteiger partial charge >= 0.3 is 5.97 Å². The molecule has 1 aliphatic heterocycles. The smallest absolute Gasteiger partial charge is 0.339 e. The number of halogens is 1. The highest BCUT2D eigenvalue weighted by molar-refractivity contribution is 5.90. The van der Waals surface area contributed by atoms with Crippen molar-refractivity contribution in [2.24, 2.45) is 0 Å². The van der Waals surface area contributed by atoms with Crippen molar-refractivity contribution in [2.45, 2.75) is 6.10 Å². The van der Waals surface area contributed by atoms with Gasteiger partial charge in [-0.05, 0) is 42.5 Å². The molecule has 5 nitrogen and oxygen atoms in total. The summed E-state index contributed by atoms with van der Waals surface area (Å²) in [5, 5.41) is 0. The van der Waals surface area contributed by atoms with Crippen LogP contribution in [0.15, 0.2) is 66.9 Å². The number of benzene rings is 2. The van der Waals surface area contributed by atoms with Crippen molar-refractivity contribution < 1.29 is 23.4 Å².